The predicted molar refractivity (Wildman–Crippen MR) is 260 cm³/mol. The lowest BCUT2D eigenvalue weighted by atomic mass is 9.84. The highest BCUT2D eigenvalue weighted by molar-refractivity contribution is 6.78. The number of aliphatic hydroxyl groups is 1. The molecule has 5 rings (SSSR count). The molecule has 4 aromatic rings. The first-order chi connectivity index (χ1) is 30.5. The number of benzene rings is 2. The van der Waals surface area contributed by atoms with Gasteiger partial charge in [0.15, 0.2) is 0 Å². The molecule has 65 heavy (non-hydrogen) atoms. The van der Waals surface area contributed by atoms with Crippen LogP contribution in [0.2, 0.25) is 16.6 Å². The first kappa shape index (κ1) is 51.2. The molecule has 14 heteroatoms. The number of pyridine rings is 1. The highest BCUT2D eigenvalue weighted by Gasteiger charge is 2.47. The number of carboxylic acids is 1. The molecule has 13 nitrogen and oxygen atoms in total. The van der Waals surface area contributed by atoms with Gasteiger partial charge in [0.25, 0.3) is 8.32 Å². The number of nitrogens with zero attached hydrogens (tertiary/aromatic N) is 3. The summed E-state index contributed by atoms with van der Waals surface area (Å²) in [5.41, 5.74) is 9.74. The highest BCUT2D eigenvalue weighted by atomic mass is 28.4. The van der Waals surface area contributed by atoms with Crippen molar-refractivity contribution in [1.29, 1.82) is 0 Å². The minimum absolute atomic E-state index is 0.0137. The lowest BCUT2D eigenvalue weighted by molar-refractivity contribution is -0.155. The third-order valence-electron chi connectivity index (χ3n) is 12.9. The summed E-state index contributed by atoms with van der Waals surface area (Å²) in [7, 11) is -0.864. The number of ether oxygens (including phenoxy) is 2. The average molecular weight is 914 g/mol. The minimum atomic E-state index is -2.55. The van der Waals surface area contributed by atoms with E-state index in [0.717, 1.165) is 44.5 Å². The van der Waals surface area contributed by atoms with E-state index in [4.69, 9.17) is 18.9 Å². The van der Waals surface area contributed by atoms with E-state index in [1.807, 2.05) is 25.1 Å². The van der Waals surface area contributed by atoms with Crippen molar-refractivity contribution in [2.24, 2.45) is 5.41 Å². The summed E-state index contributed by atoms with van der Waals surface area (Å²) < 4.78 is 21.3. The summed E-state index contributed by atoms with van der Waals surface area (Å²) in [6.07, 6.45) is 2.08. The van der Waals surface area contributed by atoms with Crippen LogP contribution in [0.15, 0.2) is 54.7 Å². The number of alkyl carbamates (subject to hydrolysis) is 1. The summed E-state index contributed by atoms with van der Waals surface area (Å²) in [5, 5.41) is 26.0. The first-order valence-corrected chi connectivity index (χ1v) is 25.5. The van der Waals surface area contributed by atoms with Gasteiger partial charge in [-0.2, -0.15) is 0 Å². The fourth-order valence-corrected chi connectivity index (χ4v) is 15.1. The van der Waals surface area contributed by atoms with Crippen molar-refractivity contribution in [3.05, 3.63) is 71.5 Å². The van der Waals surface area contributed by atoms with Gasteiger partial charge >= 0.3 is 12.1 Å². The Balaban J connectivity index is 1.81. The molecular weight excluding hydrogens is 839 g/mol. The van der Waals surface area contributed by atoms with Gasteiger partial charge in [0.2, 0.25) is 5.91 Å². The third-order valence-corrected chi connectivity index (χ3v) is 18.9. The number of fused-ring (bicyclic) bond motifs is 1. The third kappa shape index (κ3) is 11.4. The maximum Gasteiger partial charge on any atom is 0.408 e. The van der Waals surface area contributed by atoms with Crippen molar-refractivity contribution >= 4 is 37.2 Å². The van der Waals surface area contributed by atoms with Crippen molar-refractivity contribution in [2.45, 2.75) is 163 Å². The van der Waals surface area contributed by atoms with Crippen molar-refractivity contribution in [3.63, 3.8) is 0 Å². The number of methoxy groups -OCH3 is 1. The van der Waals surface area contributed by atoms with Crippen molar-refractivity contribution in [3.8, 4) is 28.1 Å². The molecule has 0 bridgehead atoms. The van der Waals surface area contributed by atoms with E-state index < -0.39 is 49.4 Å². The summed E-state index contributed by atoms with van der Waals surface area (Å²) in [5.74, 6) is -0.933. The number of amides is 2. The number of nitrogens with one attached hydrogen (secondary N) is 2. The molecule has 1 fully saturated rings. The Kier molecular flexibility index (Phi) is 16.4. The zero-order valence-electron chi connectivity index (χ0n) is 41.3. The fraction of sp³-hybridized carbons (Fsp3) is 0.569. The molecule has 3 atom stereocenters. The number of aryl methyl sites for hydroxylation is 1. The number of hydrogen-bond acceptors (Lipinski definition) is 9. The summed E-state index contributed by atoms with van der Waals surface area (Å²) in [6.45, 7) is 28.1. The van der Waals surface area contributed by atoms with Crippen molar-refractivity contribution in [1.82, 2.24) is 25.3 Å². The molecule has 4 N–H and O–H groups in total. The smallest absolute Gasteiger partial charge is 0.408 e. The van der Waals surface area contributed by atoms with Crippen LogP contribution in [0.3, 0.4) is 0 Å². The molecule has 0 radical (unpaired) electrons. The van der Waals surface area contributed by atoms with Gasteiger partial charge in [0.1, 0.15) is 17.4 Å². The average Bonchev–Trinajstić information content (AvgIpc) is 3.54. The number of aromatic nitrogens is 2. The van der Waals surface area contributed by atoms with Crippen LogP contribution in [-0.4, -0.2) is 83.0 Å². The number of hydrazine groups is 1. The molecule has 356 valence electrons. The largest absolute Gasteiger partial charge is 0.543 e. The molecule has 0 saturated carbocycles. The van der Waals surface area contributed by atoms with Gasteiger partial charge in [0, 0.05) is 49.5 Å². The van der Waals surface area contributed by atoms with Crippen LogP contribution >= 0.6 is 0 Å². The predicted octanol–water partition coefficient (Wildman–Crippen LogP) is 10.7. The van der Waals surface area contributed by atoms with Crippen LogP contribution in [0, 0.1) is 5.41 Å². The lowest BCUT2D eigenvalue weighted by Gasteiger charge is -2.42. The minimum Gasteiger partial charge on any atom is -0.543 e. The van der Waals surface area contributed by atoms with Crippen LogP contribution < -0.4 is 15.2 Å². The van der Waals surface area contributed by atoms with Gasteiger partial charge < -0.3 is 34.0 Å². The molecule has 2 unspecified atom stereocenters. The second-order valence-electron chi connectivity index (χ2n) is 20.4. The summed E-state index contributed by atoms with van der Waals surface area (Å²) in [6, 6.07) is 14.5. The lowest BCUT2D eigenvalue weighted by Crippen LogP contribution is -2.56. The Morgan fingerprint density at radius 3 is 2.22 bits per heavy atom. The van der Waals surface area contributed by atoms with Gasteiger partial charge in [-0.3, -0.25) is 14.8 Å². The Hall–Kier alpha value is -4.76. The molecule has 2 aromatic carbocycles. The molecule has 1 aliphatic rings. The molecule has 0 spiro atoms. The molecular formula is C51H75N5O8Si. The van der Waals surface area contributed by atoms with Gasteiger partial charge in [-0.25, -0.2) is 15.0 Å². The zero-order chi connectivity index (χ0) is 48.2. The second-order valence-corrected chi connectivity index (χ2v) is 25.8. The van der Waals surface area contributed by atoms with Gasteiger partial charge in [-0.05, 0) is 141 Å². The number of hydrogen-bond donors (Lipinski definition) is 4. The molecule has 0 aliphatic carbocycles. The normalized spacial score (nSPS) is 16.0. The van der Waals surface area contributed by atoms with Crippen LogP contribution in [0.25, 0.3) is 33.3 Å². The van der Waals surface area contributed by atoms with Crippen LogP contribution in [0.4, 0.5) is 4.79 Å². The van der Waals surface area contributed by atoms with E-state index in [-0.39, 0.29) is 35.8 Å². The van der Waals surface area contributed by atoms with Gasteiger partial charge in [-0.1, -0.05) is 61.5 Å². The number of aliphatic carboxylic acids is 1. The topological polar surface area (TPSA) is 164 Å². The SMILES string of the molecule is CCn1c(-c2cccnc2[C@H](C)OC)c(CC(C)(C)CO)c2cc(-c3cc(O[Si](C(C)C)(C(C)C)C(C)C)cc(C(CC(=O)N4NCCCC4C(=O)O)NC(=O)OC(C)(C)C)c3)ccc21. The monoisotopic (exact) mass is 914 g/mol. The van der Waals surface area contributed by atoms with Crippen molar-refractivity contribution < 1.29 is 38.5 Å². The zero-order valence-corrected chi connectivity index (χ0v) is 42.3. The second kappa shape index (κ2) is 20.8. The Labute approximate surface area is 387 Å². The number of carbonyl (C=O) groups excluding carboxylic acids is 2. The highest BCUT2D eigenvalue weighted by Crippen LogP contribution is 2.45. The molecule has 1 aliphatic heterocycles. The van der Waals surface area contributed by atoms with E-state index in [1.165, 1.54) is 5.01 Å². The van der Waals surface area contributed by atoms with E-state index in [0.29, 0.717) is 43.7 Å². The van der Waals surface area contributed by atoms with Gasteiger partial charge in [-0.15, -0.1) is 0 Å². The van der Waals surface area contributed by atoms with E-state index in [2.05, 4.69) is 108 Å². The number of carbonyl (C=O) groups is 3. The molecule has 2 aromatic heterocycles. The fourth-order valence-electron chi connectivity index (χ4n) is 9.82. The number of carboxylic acid groups (broad SMARTS) is 1. The number of rotatable bonds is 18. The summed E-state index contributed by atoms with van der Waals surface area (Å²) >= 11 is 0. The maximum absolute atomic E-state index is 14.2. The Morgan fingerprint density at radius 2 is 1.63 bits per heavy atom. The van der Waals surface area contributed by atoms with E-state index >= 15 is 0 Å². The quantitative estimate of drug-likeness (QED) is 0.0706. The van der Waals surface area contributed by atoms with Crippen LogP contribution in [0.5, 0.6) is 5.75 Å². The Bertz CT molecular complexity index is 2290. The standard InChI is InChI=1S/C51H75N5O8Si/c1-15-55-43-21-20-35(27-40(43)41(29-51(12,13)30-57)47(55)39-18-16-22-52-46(39)34(8)62-14)36-24-37(26-38(25-36)64-65(31(2)3,32(4)5)33(6)7)42(54-49(61)63-50(9,10)11)28-45(58)56-44(48(59)60)19-17-23-53-56/h16,18,20-22,24-27,31-34,42,44,53,57H,15,17,19,23,28-30H2,1-14H3,(H,54,61)(H,59,60)/t34-,42?,44?/m0/s1. The van der Waals surface area contributed by atoms with Crippen LogP contribution in [0.1, 0.15) is 138 Å². The molecule has 1 saturated heterocycles. The number of aliphatic hydroxyl groups excluding tert-OH is 1. The maximum atomic E-state index is 14.2. The van der Waals surface area contributed by atoms with E-state index in [9.17, 15) is 24.6 Å². The van der Waals surface area contributed by atoms with E-state index in [1.54, 1.807) is 34.1 Å². The molecule has 3 heterocycles. The van der Waals surface area contributed by atoms with Gasteiger partial charge in [0.05, 0.1) is 30.0 Å². The van der Waals surface area contributed by atoms with Crippen LogP contribution in [-0.2, 0) is 32.0 Å². The first-order valence-electron chi connectivity index (χ1n) is 23.3. The van der Waals surface area contributed by atoms with Crippen molar-refractivity contribution in [2.75, 3.05) is 20.3 Å². The molecule has 2 amide bonds. The Morgan fingerprint density at radius 1 is 0.954 bits per heavy atom. The summed E-state index contributed by atoms with van der Waals surface area (Å²) in [4.78, 5) is 45.1.